The van der Waals surface area contributed by atoms with Crippen LogP contribution in [-0.4, -0.2) is 34.9 Å². The van der Waals surface area contributed by atoms with Gasteiger partial charge >= 0.3 is 0 Å². The molecule has 3 aromatic rings. The van der Waals surface area contributed by atoms with Crippen LogP contribution < -0.4 is 9.80 Å². The van der Waals surface area contributed by atoms with Gasteiger partial charge in [0.2, 0.25) is 0 Å². The summed E-state index contributed by atoms with van der Waals surface area (Å²) in [6, 6.07) is 19.5. The van der Waals surface area contributed by atoms with Gasteiger partial charge in [0, 0.05) is 36.2 Å². The van der Waals surface area contributed by atoms with Gasteiger partial charge in [-0.15, -0.1) is 0 Å². The number of ketones is 1. The van der Waals surface area contributed by atoms with E-state index in [2.05, 4.69) is 9.88 Å². The Labute approximate surface area is 199 Å². The molecule has 6 nitrogen and oxygen atoms in total. The highest BCUT2D eigenvalue weighted by molar-refractivity contribution is 6.51. The number of carbonyl (C=O) groups is 2. The molecule has 6 heteroatoms. The van der Waals surface area contributed by atoms with Crippen molar-refractivity contribution in [3.63, 3.8) is 0 Å². The van der Waals surface area contributed by atoms with Crippen LogP contribution in [0.25, 0.3) is 5.76 Å². The van der Waals surface area contributed by atoms with Crippen molar-refractivity contribution in [3.05, 3.63) is 95.3 Å². The van der Waals surface area contributed by atoms with Crippen molar-refractivity contribution in [2.75, 3.05) is 22.9 Å². The number of carbonyl (C=O) groups excluding carboxylic acids is 2. The van der Waals surface area contributed by atoms with Gasteiger partial charge in [-0.05, 0) is 62.6 Å². The summed E-state index contributed by atoms with van der Waals surface area (Å²) < 4.78 is 0. The summed E-state index contributed by atoms with van der Waals surface area (Å²) in [5.74, 6) is -1.58. The van der Waals surface area contributed by atoms with E-state index in [1.807, 2.05) is 49.4 Å². The maximum Gasteiger partial charge on any atom is 0.300 e. The van der Waals surface area contributed by atoms with E-state index in [1.54, 1.807) is 30.5 Å². The molecule has 5 rings (SSSR count). The van der Waals surface area contributed by atoms with E-state index >= 15 is 0 Å². The van der Waals surface area contributed by atoms with Crippen molar-refractivity contribution >= 4 is 28.8 Å². The van der Waals surface area contributed by atoms with Crippen molar-refractivity contribution in [2.45, 2.75) is 32.2 Å². The molecule has 2 fully saturated rings. The number of anilines is 2. The summed E-state index contributed by atoms with van der Waals surface area (Å²) in [6.07, 6.45) is 5.23. The molecular formula is C28H27N3O3. The number of hydrogen-bond acceptors (Lipinski definition) is 5. The van der Waals surface area contributed by atoms with E-state index in [1.165, 1.54) is 24.2 Å². The second-order valence-electron chi connectivity index (χ2n) is 8.85. The number of piperidine rings is 1. The first kappa shape index (κ1) is 21.9. The minimum absolute atomic E-state index is 0.0488. The molecule has 1 unspecified atom stereocenters. The molecule has 34 heavy (non-hydrogen) atoms. The quantitative estimate of drug-likeness (QED) is 0.342. The number of rotatable bonds is 4. The lowest BCUT2D eigenvalue weighted by atomic mass is 9.97. The Hall–Kier alpha value is -3.93. The molecule has 2 saturated heterocycles. The van der Waals surface area contributed by atoms with Crippen LogP contribution in [0.3, 0.4) is 0 Å². The number of Topliss-reactive ketones (excluding diaryl/α,β-unsaturated/α-hetero) is 1. The molecule has 3 heterocycles. The largest absolute Gasteiger partial charge is 0.507 e. The van der Waals surface area contributed by atoms with Gasteiger partial charge in [0.1, 0.15) is 11.8 Å². The summed E-state index contributed by atoms with van der Waals surface area (Å²) in [5, 5.41) is 11.2. The molecule has 0 saturated carbocycles. The van der Waals surface area contributed by atoms with Gasteiger partial charge in [0.15, 0.2) is 0 Å². The first-order chi connectivity index (χ1) is 16.5. The molecule has 0 radical (unpaired) electrons. The van der Waals surface area contributed by atoms with Gasteiger partial charge in [0.05, 0.1) is 11.3 Å². The molecule has 1 aromatic heterocycles. The number of nitrogens with zero attached hydrogens (tertiary/aromatic N) is 3. The van der Waals surface area contributed by atoms with Crippen LogP contribution in [0.5, 0.6) is 0 Å². The molecule has 0 bridgehead atoms. The van der Waals surface area contributed by atoms with Gasteiger partial charge in [-0.2, -0.15) is 0 Å². The molecule has 2 aliphatic heterocycles. The Kier molecular flexibility index (Phi) is 5.88. The third-order valence-electron chi connectivity index (χ3n) is 6.59. The van der Waals surface area contributed by atoms with Crippen LogP contribution in [0.1, 0.15) is 42.1 Å². The number of aliphatic hydroxyl groups excluding tert-OH is 1. The zero-order chi connectivity index (χ0) is 23.7. The highest BCUT2D eigenvalue weighted by atomic mass is 16.3. The second kappa shape index (κ2) is 9.14. The lowest BCUT2D eigenvalue weighted by Crippen LogP contribution is -2.31. The van der Waals surface area contributed by atoms with E-state index in [4.69, 9.17) is 0 Å². The average molecular weight is 454 g/mol. The average Bonchev–Trinajstić information content (AvgIpc) is 3.15. The van der Waals surface area contributed by atoms with Gasteiger partial charge < -0.3 is 10.0 Å². The van der Waals surface area contributed by atoms with Crippen LogP contribution in [-0.2, 0) is 9.59 Å². The first-order valence-electron chi connectivity index (χ1n) is 11.7. The van der Waals surface area contributed by atoms with E-state index in [9.17, 15) is 14.7 Å². The van der Waals surface area contributed by atoms with Crippen LogP contribution in [0, 0.1) is 6.92 Å². The molecule has 1 atom stereocenters. The highest BCUT2D eigenvalue weighted by Crippen LogP contribution is 2.41. The maximum absolute atomic E-state index is 13.3. The van der Waals surface area contributed by atoms with E-state index in [0.29, 0.717) is 16.9 Å². The van der Waals surface area contributed by atoms with E-state index < -0.39 is 17.7 Å². The fourth-order valence-electron chi connectivity index (χ4n) is 4.76. The minimum atomic E-state index is -0.816. The van der Waals surface area contributed by atoms with Crippen LogP contribution in [0.2, 0.25) is 0 Å². The normalized spacial score (nSPS) is 20.1. The molecule has 1 amide bonds. The summed E-state index contributed by atoms with van der Waals surface area (Å²) in [4.78, 5) is 34.7. The van der Waals surface area contributed by atoms with E-state index in [-0.39, 0.29) is 11.3 Å². The maximum atomic E-state index is 13.3. The molecule has 2 aliphatic rings. The van der Waals surface area contributed by atoms with Crippen molar-refractivity contribution < 1.29 is 14.7 Å². The first-order valence-corrected chi connectivity index (χ1v) is 11.7. The summed E-state index contributed by atoms with van der Waals surface area (Å²) in [7, 11) is 0. The number of aliphatic hydroxyl groups is 1. The number of amides is 1. The molecule has 172 valence electrons. The topological polar surface area (TPSA) is 73.7 Å². The third-order valence-corrected chi connectivity index (χ3v) is 6.59. The number of aryl methyl sites for hydroxylation is 1. The van der Waals surface area contributed by atoms with Gasteiger partial charge in [0.25, 0.3) is 11.7 Å². The lowest BCUT2D eigenvalue weighted by molar-refractivity contribution is -0.132. The minimum Gasteiger partial charge on any atom is -0.507 e. The van der Waals surface area contributed by atoms with Crippen molar-refractivity contribution in [1.82, 2.24) is 4.98 Å². The van der Waals surface area contributed by atoms with Crippen molar-refractivity contribution in [1.29, 1.82) is 0 Å². The molecule has 0 aliphatic carbocycles. The Morgan fingerprint density at radius 3 is 2.21 bits per heavy atom. The van der Waals surface area contributed by atoms with Crippen molar-refractivity contribution in [2.24, 2.45) is 0 Å². The smallest absolute Gasteiger partial charge is 0.300 e. The van der Waals surface area contributed by atoms with Crippen LogP contribution in [0.4, 0.5) is 11.4 Å². The number of pyridine rings is 1. The molecule has 2 aromatic carbocycles. The Balaban J connectivity index is 1.59. The molecule has 1 N–H and O–H groups in total. The highest BCUT2D eigenvalue weighted by Gasteiger charge is 2.47. The summed E-state index contributed by atoms with van der Waals surface area (Å²) >= 11 is 0. The van der Waals surface area contributed by atoms with Gasteiger partial charge in [-0.1, -0.05) is 35.9 Å². The van der Waals surface area contributed by atoms with Crippen molar-refractivity contribution in [3.8, 4) is 0 Å². The molecule has 0 spiro atoms. The number of benzene rings is 2. The van der Waals surface area contributed by atoms with E-state index in [0.717, 1.165) is 24.3 Å². The Morgan fingerprint density at radius 1 is 0.882 bits per heavy atom. The Bertz CT molecular complexity index is 1230. The predicted molar refractivity (Wildman–Crippen MR) is 133 cm³/mol. The number of aromatic nitrogens is 1. The fraction of sp³-hybridized carbons (Fsp3) is 0.250. The zero-order valence-electron chi connectivity index (χ0n) is 19.1. The predicted octanol–water partition coefficient (Wildman–Crippen LogP) is 5.01. The van der Waals surface area contributed by atoms with Gasteiger partial charge in [-0.25, -0.2) is 0 Å². The van der Waals surface area contributed by atoms with Crippen LogP contribution >= 0.6 is 0 Å². The lowest BCUT2D eigenvalue weighted by Gasteiger charge is -2.30. The summed E-state index contributed by atoms with van der Waals surface area (Å²) in [5.41, 5.74) is 3.80. The SMILES string of the molecule is Cc1ccc(/C(O)=C2\C(=O)C(=O)N(c3ccc(N4CCCCC4)cc3)C2c2ccccn2)cc1. The third kappa shape index (κ3) is 3.96. The summed E-state index contributed by atoms with van der Waals surface area (Å²) in [6.45, 7) is 3.99. The number of hydrogen-bond donors (Lipinski definition) is 1. The Morgan fingerprint density at radius 2 is 1.56 bits per heavy atom. The monoisotopic (exact) mass is 453 g/mol. The molecular weight excluding hydrogens is 426 g/mol. The standard InChI is InChI=1S/C28H27N3O3/c1-19-8-10-20(11-9-19)26(32)24-25(23-7-3-4-16-29-23)31(28(34)27(24)33)22-14-12-21(13-15-22)30-17-5-2-6-18-30/h3-4,7-16,25,32H,2,5-6,17-18H2,1H3/b26-24+. The second-order valence-corrected chi connectivity index (χ2v) is 8.85. The zero-order valence-corrected chi connectivity index (χ0v) is 19.1. The van der Waals surface area contributed by atoms with Gasteiger partial charge in [-0.3, -0.25) is 19.5 Å². The van der Waals surface area contributed by atoms with Crippen LogP contribution in [0.15, 0.2) is 78.5 Å². The fourth-order valence-corrected chi connectivity index (χ4v) is 4.76.